The molecule has 3 nitrogen and oxygen atoms in total. The molecule has 18 heavy (non-hydrogen) atoms. The first kappa shape index (κ1) is 15.5. The van der Waals surface area contributed by atoms with Crippen molar-refractivity contribution < 1.29 is 4.79 Å². The van der Waals surface area contributed by atoms with Crippen LogP contribution in [0.25, 0.3) is 0 Å². The van der Waals surface area contributed by atoms with Gasteiger partial charge in [0.1, 0.15) is 0 Å². The molecule has 3 heteroatoms. The van der Waals surface area contributed by atoms with E-state index >= 15 is 0 Å². The highest BCUT2D eigenvalue weighted by Gasteiger charge is 2.24. The second-order valence-electron chi connectivity index (χ2n) is 6.20. The molecule has 1 aliphatic rings. The summed E-state index contributed by atoms with van der Waals surface area (Å²) in [5, 5.41) is 6.46. The summed E-state index contributed by atoms with van der Waals surface area (Å²) in [6, 6.07) is 0.381. The van der Waals surface area contributed by atoms with Gasteiger partial charge in [-0.1, -0.05) is 26.7 Å². The first-order valence-corrected chi connectivity index (χ1v) is 7.54. The third-order valence-corrected chi connectivity index (χ3v) is 4.03. The van der Waals surface area contributed by atoms with E-state index in [0.29, 0.717) is 12.0 Å². The highest BCUT2D eigenvalue weighted by molar-refractivity contribution is 5.81. The van der Waals surface area contributed by atoms with E-state index in [1.165, 1.54) is 25.7 Å². The quantitative estimate of drug-likeness (QED) is 0.733. The fourth-order valence-electron chi connectivity index (χ4n) is 2.70. The van der Waals surface area contributed by atoms with Crippen LogP contribution in [0.1, 0.15) is 59.8 Å². The van der Waals surface area contributed by atoms with Crippen LogP contribution < -0.4 is 10.6 Å². The lowest BCUT2D eigenvalue weighted by Crippen LogP contribution is -2.47. The third kappa shape index (κ3) is 5.38. The molecule has 1 rings (SSSR count). The van der Waals surface area contributed by atoms with E-state index in [1.807, 2.05) is 6.92 Å². The molecule has 0 spiro atoms. The Morgan fingerprint density at radius 2 is 1.78 bits per heavy atom. The fourth-order valence-corrected chi connectivity index (χ4v) is 2.70. The molecule has 0 heterocycles. The molecule has 0 aromatic rings. The smallest absolute Gasteiger partial charge is 0.236 e. The Morgan fingerprint density at radius 1 is 1.17 bits per heavy atom. The van der Waals surface area contributed by atoms with Crippen molar-refractivity contribution in [2.75, 3.05) is 6.54 Å². The molecule has 2 N–H and O–H groups in total. The van der Waals surface area contributed by atoms with Gasteiger partial charge in [0, 0.05) is 12.6 Å². The average molecular weight is 254 g/mol. The average Bonchev–Trinajstić information content (AvgIpc) is 2.81. The minimum absolute atomic E-state index is 0.0761. The molecule has 0 radical (unpaired) electrons. The molecule has 0 aromatic heterocycles. The fraction of sp³-hybridized carbons (Fsp3) is 0.933. The lowest BCUT2D eigenvalue weighted by atomic mass is 9.99. The molecule has 0 aliphatic heterocycles. The van der Waals surface area contributed by atoms with Crippen molar-refractivity contribution in [2.24, 2.45) is 11.8 Å². The summed E-state index contributed by atoms with van der Waals surface area (Å²) in [6.45, 7) is 9.33. The zero-order chi connectivity index (χ0) is 13.5. The van der Waals surface area contributed by atoms with E-state index in [9.17, 15) is 4.79 Å². The van der Waals surface area contributed by atoms with Crippen LogP contribution >= 0.6 is 0 Å². The van der Waals surface area contributed by atoms with E-state index in [2.05, 4.69) is 31.4 Å². The molecule has 1 amide bonds. The zero-order valence-corrected chi connectivity index (χ0v) is 12.5. The first-order chi connectivity index (χ1) is 8.50. The van der Waals surface area contributed by atoms with Crippen LogP contribution in [0.5, 0.6) is 0 Å². The van der Waals surface area contributed by atoms with Gasteiger partial charge in [0.15, 0.2) is 0 Å². The summed E-state index contributed by atoms with van der Waals surface area (Å²) in [5.41, 5.74) is 0. The van der Waals surface area contributed by atoms with Gasteiger partial charge in [-0.05, 0) is 44.9 Å². The van der Waals surface area contributed by atoms with Gasteiger partial charge in [-0.2, -0.15) is 0 Å². The molecule has 1 aliphatic carbocycles. The lowest BCUT2D eigenvalue weighted by Gasteiger charge is -2.24. The van der Waals surface area contributed by atoms with Crippen molar-refractivity contribution in [1.29, 1.82) is 0 Å². The zero-order valence-electron chi connectivity index (χ0n) is 12.5. The van der Waals surface area contributed by atoms with Crippen LogP contribution in [0.4, 0.5) is 0 Å². The standard InChI is InChI=1S/C15H30N2O/c1-11(2)9-10-16-15(18)13(4)17-12(3)14-7-5-6-8-14/h11-14,17H,5-10H2,1-4H3,(H,16,18)/t12-,13?/m0/s1. The molecule has 2 atom stereocenters. The van der Waals surface area contributed by atoms with E-state index in [0.717, 1.165) is 18.9 Å². The summed E-state index contributed by atoms with van der Waals surface area (Å²) >= 11 is 0. The number of rotatable bonds is 7. The topological polar surface area (TPSA) is 41.1 Å². The highest BCUT2D eigenvalue weighted by Crippen LogP contribution is 2.27. The van der Waals surface area contributed by atoms with Crippen LogP contribution in [0.3, 0.4) is 0 Å². The number of nitrogens with one attached hydrogen (secondary N) is 2. The van der Waals surface area contributed by atoms with Crippen LogP contribution in [0, 0.1) is 11.8 Å². The van der Waals surface area contributed by atoms with Gasteiger partial charge in [-0.25, -0.2) is 0 Å². The molecule has 0 saturated heterocycles. The Morgan fingerprint density at radius 3 is 2.33 bits per heavy atom. The van der Waals surface area contributed by atoms with E-state index < -0.39 is 0 Å². The van der Waals surface area contributed by atoms with Crippen molar-refractivity contribution >= 4 is 5.91 Å². The second kappa shape index (κ2) is 7.78. The Balaban J connectivity index is 2.21. The monoisotopic (exact) mass is 254 g/mol. The second-order valence-corrected chi connectivity index (χ2v) is 6.20. The molecular formula is C15H30N2O. The minimum atomic E-state index is -0.0761. The molecule has 1 fully saturated rings. The van der Waals surface area contributed by atoms with Gasteiger partial charge in [0.2, 0.25) is 5.91 Å². The summed E-state index contributed by atoms with van der Waals surface area (Å²) < 4.78 is 0. The lowest BCUT2D eigenvalue weighted by molar-refractivity contribution is -0.123. The molecule has 1 saturated carbocycles. The van der Waals surface area contributed by atoms with Gasteiger partial charge in [-0.15, -0.1) is 0 Å². The van der Waals surface area contributed by atoms with Gasteiger partial charge in [0.05, 0.1) is 6.04 Å². The summed E-state index contributed by atoms with van der Waals surface area (Å²) in [7, 11) is 0. The van der Waals surface area contributed by atoms with Crippen molar-refractivity contribution in [3.05, 3.63) is 0 Å². The van der Waals surface area contributed by atoms with Crippen molar-refractivity contribution in [2.45, 2.75) is 71.9 Å². The van der Waals surface area contributed by atoms with Crippen LogP contribution in [-0.2, 0) is 4.79 Å². The van der Waals surface area contributed by atoms with Gasteiger partial charge < -0.3 is 10.6 Å². The van der Waals surface area contributed by atoms with Gasteiger partial charge in [0.25, 0.3) is 0 Å². The van der Waals surface area contributed by atoms with Crippen molar-refractivity contribution in [3.63, 3.8) is 0 Å². The SMILES string of the molecule is CC(C)CCNC(=O)C(C)N[C@@H](C)C1CCCC1. The minimum Gasteiger partial charge on any atom is -0.355 e. The number of hydrogen-bond donors (Lipinski definition) is 2. The maximum atomic E-state index is 11.9. The normalized spacial score (nSPS) is 20.1. The number of carbonyl (C=O) groups is 1. The predicted octanol–water partition coefficient (Wildman–Crippen LogP) is 2.71. The van der Waals surface area contributed by atoms with Crippen LogP contribution in [-0.4, -0.2) is 24.5 Å². The van der Waals surface area contributed by atoms with Crippen molar-refractivity contribution in [1.82, 2.24) is 10.6 Å². The van der Waals surface area contributed by atoms with E-state index in [-0.39, 0.29) is 11.9 Å². The van der Waals surface area contributed by atoms with Crippen LogP contribution in [0.2, 0.25) is 0 Å². The molecular weight excluding hydrogens is 224 g/mol. The Labute approximate surface area is 112 Å². The number of amides is 1. The first-order valence-electron chi connectivity index (χ1n) is 7.54. The molecule has 106 valence electrons. The summed E-state index contributed by atoms with van der Waals surface area (Å²) in [4.78, 5) is 11.9. The Kier molecular flexibility index (Phi) is 6.69. The Hall–Kier alpha value is -0.570. The third-order valence-electron chi connectivity index (χ3n) is 4.03. The van der Waals surface area contributed by atoms with E-state index in [4.69, 9.17) is 0 Å². The number of carbonyl (C=O) groups excluding carboxylic acids is 1. The van der Waals surface area contributed by atoms with Crippen molar-refractivity contribution in [3.8, 4) is 0 Å². The Bertz CT molecular complexity index is 247. The predicted molar refractivity (Wildman–Crippen MR) is 76.5 cm³/mol. The maximum absolute atomic E-state index is 11.9. The largest absolute Gasteiger partial charge is 0.355 e. The highest BCUT2D eigenvalue weighted by atomic mass is 16.2. The maximum Gasteiger partial charge on any atom is 0.236 e. The molecule has 0 bridgehead atoms. The van der Waals surface area contributed by atoms with Gasteiger partial charge in [-0.3, -0.25) is 4.79 Å². The molecule has 1 unspecified atom stereocenters. The van der Waals surface area contributed by atoms with Gasteiger partial charge >= 0.3 is 0 Å². The van der Waals surface area contributed by atoms with Crippen LogP contribution in [0.15, 0.2) is 0 Å². The van der Waals surface area contributed by atoms with E-state index in [1.54, 1.807) is 0 Å². The summed E-state index contributed by atoms with van der Waals surface area (Å²) in [6.07, 6.45) is 6.39. The number of hydrogen-bond acceptors (Lipinski definition) is 2. The summed E-state index contributed by atoms with van der Waals surface area (Å²) in [5.74, 6) is 1.54. The molecule has 0 aromatic carbocycles.